The molecule has 0 unspecified atom stereocenters. The standard InChI is InChI=1S/C25H38N2O/c1-5-7-9-11-12-14-19-23-21(17-13-10-8-6-2)22-18-15-16-20-24(22)27(23)25(28)26(3)4/h14-16,18-20H,5-13,17H2,1-4H3/b19-14+. The molecule has 0 fully saturated rings. The van der Waals surface area contributed by atoms with Crippen LogP contribution in [0.5, 0.6) is 0 Å². The first kappa shape index (κ1) is 22.3. The molecule has 28 heavy (non-hydrogen) atoms. The predicted octanol–water partition coefficient (Wildman–Crippen LogP) is 7.28. The molecule has 2 rings (SSSR count). The van der Waals surface area contributed by atoms with E-state index in [0.29, 0.717) is 0 Å². The van der Waals surface area contributed by atoms with Gasteiger partial charge in [-0.05, 0) is 43.4 Å². The van der Waals surface area contributed by atoms with Crippen molar-refractivity contribution in [2.45, 2.75) is 78.1 Å². The van der Waals surface area contributed by atoms with Gasteiger partial charge in [0.05, 0.1) is 11.2 Å². The summed E-state index contributed by atoms with van der Waals surface area (Å²) in [6, 6.07) is 8.39. The maximum atomic E-state index is 13.0. The second kappa shape index (κ2) is 11.7. The van der Waals surface area contributed by atoms with Crippen molar-refractivity contribution in [3.05, 3.63) is 41.6 Å². The van der Waals surface area contributed by atoms with E-state index in [9.17, 15) is 4.79 Å². The molecule has 0 aliphatic rings. The third kappa shape index (κ3) is 5.73. The smallest absolute Gasteiger partial charge is 0.328 e. The van der Waals surface area contributed by atoms with Gasteiger partial charge in [-0.2, -0.15) is 0 Å². The third-order valence-electron chi connectivity index (χ3n) is 5.37. The molecule has 1 amide bonds. The van der Waals surface area contributed by atoms with Crippen molar-refractivity contribution >= 4 is 23.0 Å². The van der Waals surface area contributed by atoms with Gasteiger partial charge in [0.15, 0.2) is 0 Å². The number of aryl methyl sites for hydroxylation is 1. The van der Waals surface area contributed by atoms with Crippen LogP contribution in [0.25, 0.3) is 17.0 Å². The first-order chi connectivity index (χ1) is 13.6. The summed E-state index contributed by atoms with van der Waals surface area (Å²) < 4.78 is 1.91. The van der Waals surface area contributed by atoms with Crippen LogP contribution in [0.3, 0.4) is 0 Å². The highest BCUT2D eigenvalue weighted by atomic mass is 16.2. The largest absolute Gasteiger partial charge is 0.330 e. The Labute approximate surface area is 171 Å². The van der Waals surface area contributed by atoms with Gasteiger partial charge in [0.1, 0.15) is 0 Å². The van der Waals surface area contributed by atoms with Crippen molar-refractivity contribution in [2.75, 3.05) is 14.1 Å². The van der Waals surface area contributed by atoms with E-state index in [2.05, 4.69) is 44.2 Å². The molecule has 0 aliphatic heterocycles. The molecule has 0 saturated heterocycles. The quantitative estimate of drug-likeness (QED) is 0.375. The Morgan fingerprint density at radius 2 is 1.64 bits per heavy atom. The molecule has 0 bridgehead atoms. The Hall–Kier alpha value is -2.03. The summed E-state index contributed by atoms with van der Waals surface area (Å²) in [6.07, 6.45) is 16.6. The van der Waals surface area contributed by atoms with Crippen molar-refractivity contribution in [1.82, 2.24) is 9.47 Å². The molecule has 0 N–H and O–H groups in total. The van der Waals surface area contributed by atoms with Crippen LogP contribution in [0.1, 0.15) is 82.9 Å². The van der Waals surface area contributed by atoms with Crippen LogP contribution in [0.4, 0.5) is 4.79 Å². The Morgan fingerprint density at radius 3 is 2.32 bits per heavy atom. The second-order valence-corrected chi connectivity index (χ2v) is 7.96. The molecule has 2 aromatic rings. The molecule has 0 atom stereocenters. The van der Waals surface area contributed by atoms with Crippen molar-refractivity contribution in [2.24, 2.45) is 0 Å². The van der Waals surface area contributed by atoms with Crippen LogP contribution in [-0.4, -0.2) is 29.6 Å². The summed E-state index contributed by atoms with van der Waals surface area (Å²) in [5, 5.41) is 1.22. The fraction of sp³-hybridized carbons (Fsp3) is 0.560. The fourth-order valence-electron chi connectivity index (χ4n) is 3.78. The number of nitrogens with zero attached hydrogens (tertiary/aromatic N) is 2. The van der Waals surface area contributed by atoms with Crippen molar-refractivity contribution in [3.8, 4) is 0 Å². The summed E-state index contributed by atoms with van der Waals surface area (Å²) in [7, 11) is 3.66. The number of rotatable bonds is 11. The molecular weight excluding hydrogens is 344 g/mol. The Balaban J connectivity index is 2.38. The van der Waals surface area contributed by atoms with Gasteiger partial charge in [0, 0.05) is 19.5 Å². The molecule has 1 aromatic heterocycles. The molecule has 1 aromatic carbocycles. The fourth-order valence-corrected chi connectivity index (χ4v) is 3.78. The monoisotopic (exact) mass is 382 g/mol. The van der Waals surface area contributed by atoms with Gasteiger partial charge in [0.25, 0.3) is 0 Å². The van der Waals surface area contributed by atoms with Gasteiger partial charge in [-0.25, -0.2) is 4.79 Å². The van der Waals surface area contributed by atoms with Crippen LogP contribution in [0.2, 0.25) is 0 Å². The maximum absolute atomic E-state index is 13.0. The summed E-state index contributed by atoms with van der Waals surface area (Å²) >= 11 is 0. The predicted molar refractivity (Wildman–Crippen MR) is 122 cm³/mol. The van der Waals surface area contributed by atoms with Crippen LogP contribution in [0, 0.1) is 0 Å². The van der Waals surface area contributed by atoms with Crippen LogP contribution < -0.4 is 0 Å². The topological polar surface area (TPSA) is 25.2 Å². The lowest BCUT2D eigenvalue weighted by Gasteiger charge is -2.14. The number of para-hydroxylation sites is 1. The van der Waals surface area contributed by atoms with E-state index in [-0.39, 0.29) is 6.03 Å². The normalized spacial score (nSPS) is 11.6. The average molecular weight is 383 g/mol. The summed E-state index contributed by atoms with van der Waals surface area (Å²) in [6.45, 7) is 4.49. The highest BCUT2D eigenvalue weighted by Crippen LogP contribution is 2.29. The average Bonchev–Trinajstić information content (AvgIpc) is 3.00. The van der Waals surface area contributed by atoms with Crippen LogP contribution in [-0.2, 0) is 6.42 Å². The summed E-state index contributed by atoms with van der Waals surface area (Å²) in [5.41, 5.74) is 3.43. The zero-order valence-electron chi connectivity index (χ0n) is 18.3. The Morgan fingerprint density at radius 1 is 0.964 bits per heavy atom. The zero-order chi connectivity index (χ0) is 20.4. The van der Waals surface area contributed by atoms with Crippen molar-refractivity contribution in [1.29, 1.82) is 0 Å². The van der Waals surface area contributed by atoms with Gasteiger partial charge in [0.2, 0.25) is 0 Å². The van der Waals surface area contributed by atoms with Gasteiger partial charge in [-0.3, -0.25) is 4.57 Å². The van der Waals surface area contributed by atoms with Crippen LogP contribution in [0.15, 0.2) is 30.3 Å². The van der Waals surface area contributed by atoms with Crippen molar-refractivity contribution < 1.29 is 4.79 Å². The molecular formula is C25H38N2O. The van der Waals surface area contributed by atoms with E-state index < -0.39 is 0 Å². The minimum absolute atomic E-state index is 0.0293. The second-order valence-electron chi connectivity index (χ2n) is 7.96. The third-order valence-corrected chi connectivity index (χ3v) is 5.37. The summed E-state index contributed by atoms with van der Waals surface area (Å²) in [5.74, 6) is 0. The van der Waals surface area contributed by atoms with E-state index in [1.807, 2.05) is 24.7 Å². The number of carbonyl (C=O) groups is 1. The number of unbranched alkanes of at least 4 members (excludes halogenated alkanes) is 7. The van der Waals surface area contributed by atoms with Gasteiger partial charge >= 0.3 is 6.03 Å². The number of aromatic nitrogens is 1. The molecule has 1 heterocycles. The molecule has 0 saturated carbocycles. The minimum Gasteiger partial charge on any atom is -0.330 e. The van der Waals surface area contributed by atoms with E-state index in [1.54, 1.807) is 4.90 Å². The Bertz CT molecular complexity index is 770. The maximum Gasteiger partial charge on any atom is 0.328 e. The van der Waals surface area contributed by atoms with Gasteiger partial charge in [-0.15, -0.1) is 0 Å². The number of amides is 1. The molecule has 3 heteroatoms. The molecule has 0 spiro atoms. The number of allylic oxidation sites excluding steroid dienone is 1. The number of benzene rings is 1. The lowest BCUT2D eigenvalue weighted by Crippen LogP contribution is -2.28. The van der Waals surface area contributed by atoms with Crippen LogP contribution >= 0.6 is 0 Å². The van der Waals surface area contributed by atoms with Gasteiger partial charge < -0.3 is 4.90 Å². The lowest BCUT2D eigenvalue weighted by molar-refractivity contribution is 0.220. The number of carbonyl (C=O) groups excluding carboxylic acids is 1. The molecule has 0 aliphatic carbocycles. The first-order valence-electron chi connectivity index (χ1n) is 11.1. The minimum atomic E-state index is 0.0293. The lowest BCUT2D eigenvalue weighted by atomic mass is 10.0. The van der Waals surface area contributed by atoms with Crippen molar-refractivity contribution in [3.63, 3.8) is 0 Å². The van der Waals surface area contributed by atoms with E-state index in [4.69, 9.17) is 0 Å². The highest BCUT2D eigenvalue weighted by molar-refractivity contribution is 5.97. The van der Waals surface area contributed by atoms with E-state index in [0.717, 1.165) is 24.1 Å². The molecule has 154 valence electrons. The summed E-state index contributed by atoms with van der Waals surface area (Å²) in [4.78, 5) is 14.7. The number of hydrogen-bond acceptors (Lipinski definition) is 1. The highest BCUT2D eigenvalue weighted by Gasteiger charge is 2.20. The molecule has 0 radical (unpaired) electrons. The first-order valence-corrected chi connectivity index (χ1v) is 11.1. The zero-order valence-corrected chi connectivity index (χ0v) is 18.3. The number of hydrogen-bond donors (Lipinski definition) is 0. The Kier molecular flexibility index (Phi) is 9.33. The van der Waals surface area contributed by atoms with E-state index in [1.165, 1.54) is 62.3 Å². The number of fused-ring (bicyclic) bond motifs is 1. The van der Waals surface area contributed by atoms with E-state index >= 15 is 0 Å². The molecule has 3 nitrogen and oxygen atoms in total. The van der Waals surface area contributed by atoms with Gasteiger partial charge in [-0.1, -0.05) is 76.6 Å². The SMILES string of the molecule is CCCCCC/C=C/c1c(CCCCCC)c2ccccc2n1C(=O)N(C)C.